The monoisotopic (exact) mass is 281 g/mol. The van der Waals surface area contributed by atoms with Crippen molar-refractivity contribution in [3.63, 3.8) is 0 Å². The molecule has 1 aromatic rings. The molecule has 6 heteroatoms. The van der Waals surface area contributed by atoms with Gasteiger partial charge in [0.15, 0.2) is 12.1 Å². The lowest BCUT2D eigenvalue weighted by Crippen LogP contribution is -2.37. The molecule has 2 aliphatic heterocycles. The number of hydrogen-bond donors (Lipinski definition) is 0. The maximum absolute atomic E-state index is 5.60. The molecule has 3 heterocycles. The minimum Gasteiger partial charge on any atom is -0.350 e. The average molecular weight is 281 g/mol. The molecule has 0 unspecified atom stereocenters. The Bertz CT molecular complexity index is 421. The number of nitrogens with zero attached hydrogens (tertiary/aromatic N) is 3. The molecule has 112 valence electrons. The number of hydrogen-bond acceptors (Lipinski definition) is 6. The first-order chi connectivity index (χ1) is 9.72. The van der Waals surface area contributed by atoms with Gasteiger partial charge in [0.1, 0.15) is 0 Å². The molecule has 3 rings (SSSR count). The molecular weight excluding hydrogens is 258 g/mol. The largest absolute Gasteiger partial charge is 0.350 e. The predicted molar refractivity (Wildman–Crippen MR) is 72.1 cm³/mol. The summed E-state index contributed by atoms with van der Waals surface area (Å²) in [5, 5.41) is 4.05. The lowest BCUT2D eigenvalue weighted by molar-refractivity contribution is -0.0979. The second kappa shape index (κ2) is 6.20. The fourth-order valence-electron chi connectivity index (χ4n) is 2.80. The predicted octanol–water partition coefficient (Wildman–Crippen LogP) is 1.78. The van der Waals surface area contributed by atoms with Crippen LogP contribution in [0.4, 0.5) is 0 Å². The Morgan fingerprint density at radius 3 is 2.50 bits per heavy atom. The van der Waals surface area contributed by atoms with Crippen LogP contribution < -0.4 is 0 Å². The molecule has 20 heavy (non-hydrogen) atoms. The van der Waals surface area contributed by atoms with E-state index >= 15 is 0 Å². The number of ether oxygens (including phenoxy) is 2. The zero-order chi connectivity index (χ0) is 13.9. The van der Waals surface area contributed by atoms with Gasteiger partial charge in [0.25, 0.3) is 0 Å². The Morgan fingerprint density at radius 2 is 1.90 bits per heavy atom. The van der Waals surface area contributed by atoms with E-state index in [1.807, 2.05) is 0 Å². The van der Waals surface area contributed by atoms with Crippen molar-refractivity contribution in [3.05, 3.63) is 11.7 Å². The Balaban J connectivity index is 1.48. The third kappa shape index (κ3) is 3.19. The zero-order valence-electron chi connectivity index (χ0n) is 12.2. The summed E-state index contributed by atoms with van der Waals surface area (Å²) in [5.74, 6) is 2.34. The molecule has 2 aliphatic rings. The van der Waals surface area contributed by atoms with Crippen molar-refractivity contribution >= 4 is 0 Å². The van der Waals surface area contributed by atoms with Gasteiger partial charge in [0.05, 0.1) is 19.8 Å². The third-order valence-corrected chi connectivity index (χ3v) is 4.01. The molecular formula is C14H23N3O3. The molecule has 0 radical (unpaired) electrons. The SMILES string of the molecule is CC(C)c1nc(CN2CCC(C3OCCO3)CC2)no1. The first-order valence-corrected chi connectivity index (χ1v) is 7.50. The van der Waals surface area contributed by atoms with Gasteiger partial charge in [0, 0.05) is 11.8 Å². The highest BCUT2D eigenvalue weighted by atomic mass is 16.7. The Labute approximate surface area is 119 Å². The summed E-state index contributed by atoms with van der Waals surface area (Å²) in [6, 6.07) is 0. The fourth-order valence-corrected chi connectivity index (χ4v) is 2.80. The van der Waals surface area contributed by atoms with Crippen molar-refractivity contribution in [1.29, 1.82) is 0 Å². The van der Waals surface area contributed by atoms with Crippen LogP contribution in [0.15, 0.2) is 4.52 Å². The normalized spacial score (nSPS) is 22.9. The van der Waals surface area contributed by atoms with E-state index in [2.05, 4.69) is 28.9 Å². The van der Waals surface area contributed by atoms with Crippen LogP contribution in [0.3, 0.4) is 0 Å². The highest BCUT2D eigenvalue weighted by Crippen LogP contribution is 2.26. The van der Waals surface area contributed by atoms with E-state index in [0.717, 1.165) is 57.4 Å². The van der Waals surface area contributed by atoms with E-state index in [-0.39, 0.29) is 6.29 Å². The van der Waals surface area contributed by atoms with Crippen molar-refractivity contribution in [1.82, 2.24) is 15.0 Å². The summed E-state index contributed by atoms with van der Waals surface area (Å²) >= 11 is 0. The molecule has 0 N–H and O–H groups in total. The highest BCUT2D eigenvalue weighted by Gasteiger charge is 2.30. The van der Waals surface area contributed by atoms with Crippen LogP contribution in [0, 0.1) is 5.92 Å². The third-order valence-electron chi connectivity index (χ3n) is 4.01. The lowest BCUT2D eigenvalue weighted by Gasteiger charge is -2.33. The van der Waals surface area contributed by atoms with E-state index in [4.69, 9.17) is 14.0 Å². The van der Waals surface area contributed by atoms with Gasteiger partial charge in [-0.15, -0.1) is 0 Å². The summed E-state index contributed by atoms with van der Waals surface area (Å²) in [7, 11) is 0. The van der Waals surface area contributed by atoms with E-state index in [0.29, 0.717) is 11.8 Å². The van der Waals surface area contributed by atoms with E-state index in [1.54, 1.807) is 0 Å². The van der Waals surface area contributed by atoms with Gasteiger partial charge < -0.3 is 14.0 Å². The summed E-state index contributed by atoms with van der Waals surface area (Å²) in [5.41, 5.74) is 0. The van der Waals surface area contributed by atoms with Gasteiger partial charge in [-0.2, -0.15) is 4.98 Å². The van der Waals surface area contributed by atoms with Crippen molar-refractivity contribution in [2.45, 2.75) is 45.4 Å². The zero-order valence-corrected chi connectivity index (χ0v) is 12.2. The summed E-state index contributed by atoms with van der Waals surface area (Å²) in [6.45, 7) is 8.46. The second-order valence-corrected chi connectivity index (χ2v) is 5.93. The number of likely N-dealkylation sites (tertiary alicyclic amines) is 1. The minimum atomic E-state index is 0.0230. The van der Waals surface area contributed by atoms with Crippen LogP contribution in [0.2, 0.25) is 0 Å². The summed E-state index contributed by atoms with van der Waals surface area (Å²) in [4.78, 5) is 6.81. The van der Waals surface area contributed by atoms with Crippen molar-refractivity contribution < 1.29 is 14.0 Å². The maximum Gasteiger partial charge on any atom is 0.229 e. The van der Waals surface area contributed by atoms with Crippen LogP contribution in [0.25, 0.3) is 0 Å². The van der Waals surface area contributed by atoms with Gasteiger partial charge in [-0.25, -0.2) is 0 Å². The Kier molecular flexibility index (Phi) is 4.33. The fraction of sp³-hybridized carbons (Fsp3) is 0.857. The first kappa shape index (κ1) is 14.0. The smallest absolute Gasteiger partial charge is 0.229 e. The maximum atomic E-state index is 5.60. The van der Waals surface area contributed by atoms with Gasteiger partial charge in [-0.1, -0.05) is 19.0 Å². The highest BCUT2D eigenvalue weighted by molar-refractivity contribution is 4.91. The molecule has 2 saturated heterocycles. The first-order valence-electron chi connectivity index (χ1n) is 7.50. The average Bonchev–Trinajstić information content (AvgIpc) is 3.10. The molecule has 0 saturated carbocycles. The Morgan fingerprint density at radius 1 is 1.20 bits per heavy atom. The van der Waals surface area contributed by atoms with Gasteiger partial charge in [0.2, 0.25) is 5.89 Å². The molecule has 1 aromatic heterocycles. The van der Waals surface area contributed by atoms with Crippen LogP contribution in [-0.4, -0.2) is 47.6 Å². The molecule has 0 atom stereocenters. The molecule has 0 bridgehead atoms. The summed E-state index contributed by atoms with van der Waals surface area (Å²) in [6.07, 6.45) is 2.24. The lowest BCUT2D eigenvalue weighted by atomic mass is 9.96. The van der Waals surface area contributed by atoms with Crippen molar-refractivity contribution in [3.8, 4) is 0 Å². The minimum absolute atomic E-state index is 0.0230. The van der Waals surface area contributed by atoms with Crippen LogP contribution in [-0.2, 0) is 16.0 Å². The molecule has 2 fully saturated rings. The topological polar surface area (TPSA) is 60.6 Å². The van der Waals surface area contributed by atoms with Gasteiger partial charge in [-0.05, 0) is 25.9 Å². The Hall–Kier alpha value is -0.980. The molecule has 6 nitrogen and oxygen atoms in total. The van der Waals surface area contributed by atoms with E-state index in [1.165, 1.54) is 0 Å². The molecule has 0 aromatic carbocycles. The number of aromatic nitrogens is 2. The quantitative estimate of drug-likeness (QED) is 0.838. The van der Waals surface area contributed by atoms with Gasteiger partial charge in [-0.3, -0.25) is 4.90 Å². The number of piperidine rings is 1. The molecule has 0 amide bonds. The van der Waals surface area contributed by atoms with E-state index in [9.17, 15) is 0 Å². The van der Waals surface area contributed by atoms with Crippen molar-refractivity contribution in [2.75, 3.05) is 26.3 Å². The van der Waals surface area contributed by atoms with E-state index < -0.39 is 0 Å². The van der Waals surface area contributed by atoms with Crippen LogP contribution in [0.5, 0.6) is 0 Å². The van der Waals surface area contributed by atoms with Crippen molar-refractivity contribution in [2.24, 2.45) is 5.92 Å². The van der Waals surface area contributed by atoms with Gasteiger partial charge >= 0.3 is 0 Å². The van der Waals surface area contributed by atoms with Crippen LogP contribution >= 0.6 is 0 Å². The number of rotatable bonds is 4. The summed E-state index contributed by atoms with van der Waals surface area (Å²) < 4.78 is 16.4. The standard InChI is InChI=1S/C14H23N3O3/c1-10(2)13-15-12(16-20-13)9-17-5-3-11(4-6-17)14-18-7-8-19-14/h10-11,14H,3-9H2,1-2H3. The second-order valence-electron chi connectivity index (χ2n) is 5.93. The molecule has 0 aliphatic carbocycles. The van der Waals surface area contributed by atoms with Crippen LogP contribution in [0.1, 0.15) is 44.3 Å². The molecule has 0 spiro atoms.